The minimum absolute atomic E-state index is 0.0439. The van der Waals surface area contributed by atoms with Crippen LogP contribution < -0.4 is 5.32 Å². The highest BCUT2D eigenvalue weighted by molar-refractivity contribution is 7.15. The molecule has 1 saturated heterocycles. The number of hydrogen-bond acceptors (Lipinski definition) is 5. The number of likely N-dealkylation sites (tertiary alicyclic amines) is 1. The molecule has 0 unspecified atom stereocenters. The number of anilines is 1. The van der Waals surface area contributed by atoms with E-state index in [-0.39, 0.29) is 17.7 Å². The summed E-state index contributed by atoms with van der Waals surface area (Å²) in [5, 5.41) is 12.5. The van der Waals surface area contributed by atoms with E-state index < -0.39 is 0 Å². The summed E-state index contributed by atoms with van der Waals surface area (Å²) in [6, 6.07) is 0. The third-order valence-corrected chi connectivity index (χ3v) is 6.46. The molecule has 3 rings (SSSR count). The van der Waals surface area contributed by atoms with E-state index in [9.17, 15) is 9.59 Å². The van der Waals surface area contributed by atoms with E-state index in [2.05, 4.69) is 29.4 Å². The molecule has 6 nitrogen and oxygen atoms in total. The molecule has 25 heavy (non-hydrogen) atoms. The fourth-order valence-corrected chi connectivity index (χ4v) is 4.46. The number of aromatic nitrogens is 2. The lowest BCUT2D eigenvalue weighted by molar-refractivity contribution is -0.130. The Bertz CT molecular complexity index is 610. The molecule has 0 bridgehead atoms. The number of nitrogens with zero attached hydrogens (tertiary/aromatic N) is 3. The lowest BCUT2D eigenvalue weighted by Gasteiger charge is -2.17. The van der Waals surface area contributed by atoms with Gasteiger partial charge in [-0.25, -0.2) is 0 Å². The van der Waals surface area contributed by atoms with Gasteiger partial charge in [-0.1, -0.05) is 50.9 Å². The van der Waals surface area contributed by atoms with E-state index in [4.69, 9.17) is 0 Å². The van der Waals surface area contributed by atoms with Crippen LogP contribution in [0.4, 0.5) is 5.13 Å². The second-order valence-electron chi connectivity index (χ2n) is 7.60. The van der Waals surface area contributed by atoms with Crippen LogP contribution in [0, 0.1) is 11.8 Å². The summed E-state index contributed by atoms with van der Waals surface area (Å²) in [5.41, 5.74) is 0. The maximum Gasteiger partial charge on any atom is 0.231 e. The van der Waals surface area contributed by atoms with Gasteiger partial charge in [0.25, 0.3) is 0 Å². The fraction of sp³-hybridized carbons (Fsp3) is 0.778. The molecule has 1 aliphatic carbocycles. The molecule has 138 valence electrons. The number of nitrogens with one attached hydrogen (secondary N) is 1. The van der Waals surface area contributed by atoms with Gasteiger partial charge in [0, 0.05) is 25.4 Å². The summed E-state index contributed by atoms with van der Waals surface area (Å²) >= 11 is 1.42. The number of carbonyl (C=O) groups excluding carboxylic acids is 2. The predicted octanol–water partition coefficient (Wildman–Crippen LogP) is 3.42. The van der Waals surface area contributed by atoms with Crippen molar-refractivity contribution in [2.24, 2.45) is 11.8 Å². The first-order valence-electron chi connectivity index (χ1n) is 9.45. The monoisotopic (exact) mass is 364 g/mol. The van der Waals surface area contributed by atoms with Crippen molar-refractivity contribution in [2.45, 2.75) is 64.7 Å². The molecule has 2 fully saturated rings. The summed E-state index contributed by atoms with van der Waals surface area (Å²) in [6.07, 6.45) is 7.56. The molecule has 7 heteroatoms. The lowest BCUT2D eigenvalue weighted by atomic mass is 10.0. The molecule has 1 N–H and O–H groups in total. The molecule has 1 aromatic rings. The van der Waals surface area contributed by atoms with Crippen LogP contribution in [0.2, 0.25) is 0 Å². The van der Waals surface area contributed by atoms with Crippen LogP contribution in [0.15, 0.2) is 0 Å². The first-order valence-corrected chi connectivity index (χ1v) is 10.3. The van der Waals surface area contributed by atoms with Crippen LogP contribution in [0.1, 0.15) is 69.7 Å². The normalized spacial score (nSPS) is 21.2. The van der Waals surface area contributed by atoms with Gasteiger partial charge in [0.2, 0.25) is 16.9 Å². The van der Waals surface area contributed by atoms with Crippen molar-refractivity contribution in [3.05, 3.63) is 5.01 Å². The van der Waals surface area contributed by atoms with E-state index >= 15 is 0 Å². The van der Waals surface area contributed by atoms with Crippen molar-refractivity contribution in [1.29, 1.82) is 0 Å². The molecule has 0 spiro atoms. The Kier molecular flexibility index (Phi) is 6.04. The number of carbonyl (C=O) groups is 2. The minimum atomic E-state index is -0.137. The van der Waals surface area contributed by atoms with Crippen LogP contribution in [-0.2, 0) is 9.59 Å². The van der Waals surface area contributed by atoms with Gasteiger partial charge in [-0.15, -0.1) is 10.2 Å². The van der Waals surface area contributed by atoms with Gasteiger partial charge in [-0.05, 0) is 18.8 Å². The zero-order chi connectivity index (χ0) is 17.8. The van der Waals surface area contributed by atoms with Crippen molar-refractivity contribution in [3.63, 3.8) is 0 Å². The highest BCUT2D eigenvalue weighted by atomic mass is 32.1. The van der Waals surface area contributed by atoms with Crippen molar-refractivity contribution < 1.29 is 9.59 Å². The highest BCUT2D eigenvalue weighted by Gasteiger charge is 2.31. The third-order valence-electron chi connectivity index (χ3n) is 5.32. The number of rotatable bonds is 6. The lowest BCUT2D eigenvalue weighted by Crippen LogP contribution is -2.31. The van der Waals surface area contributed by atoms with E-state index in [1.165, 1.54) is 37.0 Å². The quantitative estimate of drug-likeness (QED) is 0.839. The molecule has 1 saturated carbocycles. The molecule has 1 aromatic heterocycles. The Labute approximate surface area is 153 Å². The fourth-order valence-electron chi connectivity index (χ4n) is 3.71. The van der Waals surface area contributed by atoms with Crippen molar-refractivity contribution >= 4 is 28.3 Å². The zero-order valence-corrected chi connectivity index (χ0v) is 16.0. The number of hydrogen-bond donors (Lipinski definition) is 1. The van der Waals surface area contributed by atoms with E-state index in [0.29, 0.717) is 30.6 Å². The zero-order valence-electron chi connectivity index (χ0n) is 15.2. The Hall–Kier alpha value is -1.50. The first-order chi connectivity index (χ1) is 12.0. The minimum Gasteiger partial charge on any atom is -0.342 e. The Morgan fingerprint density at radius 3 is 2.68 bits per heavy atom. The Morgan fingerprint density at radius 2 is 2.00 bits per heavy atom. The average molecular weight is 365 g/mol. The van der Waals surface area contributed by atoms with Gasteiger partial charge < -0.3 is 10.2 Å². The van der Waals surface area contributed by atoms with Crippen LogP contribution >= 0.6 is 11.3 Å². The summed E-state index contributed by atoms with van der Waals surface area (Å²) in [5.74, 6) is 1.07. The molecule has 1 aliphatic heterocycles. The maximum absolute atomic E-state index is 12.4. The summed E-state index contributed by atoms with van der Waals surface area (Å²) in [6.45, 7) is 5.33. The van der Waals surface area contributed by atoms with Crippen LogP contribution in [-0.4, -0.2) is 40.0 Å². The van der Waals surface area contributed by atoms with E-state index in [1.807, 2.05) is 4.90 Å². The maximum atomic E-state index is 12.4. The molecule has 2 amide bonds. The second-order valence-corrected chi connectivity index (χ2v) is 8.61. The van der Waals surface area contributed by atoms with Gasteiger partial charge in [0.1, 0.15) is 5.01 Å². The van der Waals surface area contributed by atoms with Crippen LogP contribution in [0.5, 0.6) is 0 Å². The summed E-state index contributed by atoms with van der Waals surface area (Å²) < 4.78 is 0. The molecular formula is C18H28N4O2S. The van der Waals surface area contributed by atoms with Gasteiger partial charge in [0.05, 0.1) is 5.92 Å². The topological polar surface area (TPSA) is 75.2 Å². The largest absolute Gasteiger partial charge is 0.342 e. The standard InChI is InChI=1S/C18H28N4O2S/c1-12(2)17-20-21-18(25-17)19-16(24)14-9-10-22(11-14)15(23)8-7-13-5-3-4-6-13/h12-14H,3-11H2,1-2H3,(H,19,21,24)/t14-/m0/s1. The Morgan fingerprint density at radius 1 is 1.24 bits per heavy atom. The van der Waals surface area contributed by atoms with Gasteiger partial charge in [-0.2, -0.15) is 0 Å². The average Bonchev–Trinajstić information content (AvgIpc) is 3.32. The van der Waals surface area contributed by atoms with E-state index in [1.54, 1.807) is 0 Å². The third kappa shape index (κ3) is 4.77. The van der Waals surface area contributed by atoms with Crippen molar-refractivity contribution in [3.8, 4) is 0 Å². The van der Waals surface area contributed by atoms with Crippen molar-refractivity contribution in [2.75, 3.05) is 18.4 Å². The molecular weight excluding hydrogens is 336 g/mol. The molecule has 2 heterocycles. The predicted molar refractivity (Wildman–Crippen MR) is 98.5 cm³/mol. The molecule has 2 aliphatic rings. The molecule has 0 radical (unpaired) electrons. The summed E-state index contributed by atoms with van der Waals surface area (Å²) in [4.78, 5) is 26.7. The number of amides is 2. The first kappa shape index (κ1) is 18.3. The van der Waals surface area contributed by atoms with Crippen LogP contribution in [0.3, 0.4) is 0 Å². The molecule has 0 aromatic carbocycles. The van der Waals surface area contributed by atoms with Gasteiger partial charge in [-0.3, -0.25) is 9.59 Å². The highest BCUT2D eigenvalue weighted by Crippen LogP contribution is 2.29. The summed E-state index contributed by atoms with van der Waals surface area (Å²) in [7, 11) is 0. The van der Waals surface area contributed by atoms with Crippen LogP contribution in [0.25, 0.3) is 0 Å². The Balaban J connectivity index is 1.44. The van der Waals surface area contributed by atoms with Gasteiger partial charge in [0.15, 0.2) is 0 Å². The SMILES string of the molecule is CC(C)c1nnc(NC(=O)[C@H]2CCN(C(=O)CCC3CCCC3)C2)s1. The second kappa shape index (κ2) is 8.25. The van der Waals surface area contributed by atoms with E-state index in [0.717, 1.165) is 23.8 Å². The molecule has 1 atom stereocenters. The van der Waals surface area contributed by atoms with Crippen molar-refractivity contribution in [1.82, 2.24) is 15.1 Å². The smallest absolute Gasteiger partial charge is 0.231 e. The van der Waals surface area contributed by atoms with Gasteiger partial charge >= 0.3 is 0 Å².